The minimum absolute atomic E-state index is 0.0350. The smallest absolute Gasteiger partial charge is 0.248 e. The van der Waals surface area contributed by atoms with E-state index in [1.165, 1.54) is 4.90 Å². The number of hydrogen-bond donors (Lipinski definition) is 2. The Bertz CT molecular complexity index is 187. The van der Waals surface area contributed by atoms with Crippen LogP contribution in [0.25, 0.3) is 0 Å². The van der Waals surface area contributed by atoms with Gasteiger partial charge in [0.15, 0.2) is 0 Å². The summed E-state index contributed by atoms with van der Waals surface area (Å²) < 4.78 is 5.07. The number of carbonyl (C=O) groups excluding carboxylic acids is 1. The average molecular weight is 203 g/mol. The number of aliphatic hydroxyl groups excluding tert-OH is 2. The molecule has 5 heteroatoms. The van der Waals surface area contributed by atoms with E-state index < -0.39 is 12.2 Å². The Labute approximate surface area is 83.3 Å². The fourth-order valence-electron chi connectivity index (χ4n) is 1.37. The number of hydrogen-bond acceptors (Lipinski definition) is 4. The Balaban J connectivity index is 2.25. The van der Waals surface area contributed by atoms with Crippen LogP contribution in [0.4, 0.5) is 0 Å². The SMILES string of the molecule is CCCOCC(=O)N1CC(O)C(O)C1. The predicted molar refractivity (Wildman–Crippen MR) is 49.7 cm³/mol. The van der Waals surface area contributed by atoms with Crippen molar-refractivity contribution >= 4 is 5.91 Å². The summed E-state index contributed by atoms with van der Waals surface area (Å²) in [7, 11) is 0. The largest absolute Gasteiger partial charge is 0.388 e. The van der Waals surface area contributed by atoms with Gasteiger partial charge in [-0.1, -0.05) is 6.92 Å². The van der Waals surface area contributed by atoms with Crippen LogP contribution in [0.5, 0.6) is 0 Å². The van der Waals surface area contributed by atoms with E-state index in [-0.39, 0.29) is 25.6 Å². The van der Waals surface area contributed by atoms with Crippen molar-refractivity contribution in [3.8, 4) is 0 Å². The third kappa shape index (κ3) is 2.94. The molecule has 0 aromatic carbocycles. The molecule has 1 amide bonds. The number of rotatable bonds is 4. The van der Waals surface area contributed by atoms with Crippen LogP contribution in [-0.4, -0.2) is 59.5 Å². The van der Waals surface area contributed by atoms with E-state index in [0.29, 0.717) is 6.61 Å². The lowest BCUT2D eigenvalue weighted by molar-refractivity contribution is -0.135. The molecule has 2 atom stereocenters. The van der Waals surface area contributed by atoms with Crippen molar-refractivity contribution in [2.24, 2.45) is 0 Å². The number of aliphatic hydroxyl groups is 2. The van der Waals surface area contributed by atoms with Gasteiger partial charge in [-0.15, -0.1) is 0 Å². The molecule has 0 spiro atoms. The van der Waals surface area contributed by atoms with Gasteiger partial charge in [-0.05, 0) is 6.42 Å². The molecule has 0 saturated carbocycles. The molecule has 1 aliphatic heterocycles. The topological polar surface area (TPSA) is 70.0 Å². The van der Waals surface area contributed by atoms with Crippen molar-refractivity contribution in [1.82, 2.24) is 4.90 Å². The molecule has 1 aliphatic rings. The molecule has 1 fully saturated rings. The number of carbonyl (C=O) groups is 1. The molecule has 1 rings (SSSR count). The molecule has 5 nitrogen and oxygen atoms in total. The Hall–Kier alpha value is -0.650. The molecule has 0 radical (unpaired) electrons. The number of nitrogens with zero attached hydrogens (tertiary/aromatic N) is 1. The first-order chi connectivity index (χ1) is 6.65. The summed E-state index contributed by atoms with van der Waals surface area (Å²) >= 11 is 0. The maximum atomic E-state index is 11.4. The van der Waals surface area contributed by atoms with Crippen LogP contribution in [0, 0.1) is 0 Å². The maximum absolute atomic E-state index is 11.4. The first kappa shape index (κ1) is 11.4. The lowest BCUT2D eigenvalue weighted by Crippen LogP contribution is -2.33. The van der Waals surface area contributed by atoms with E-state index >= 15 is 0 Å². The Morgan fingerprint density at radius 3 is 2.50 bits per heavy atom. The molecule has 0 aromatic heterocycles. The van der Waals surface area contributed by atoms with Gasteiger partial charge in [0.05, 0.1) is 12.2 Å². The molecule has 82 valence electrons. The Morgan fingerprint density at radius 2 is 2.00 bits per heavy atom. The molecular formula is C9H17NO4. The van der Waals surface area contributed by atoms with Gasteiger partial charge >= 0.3 is 0 Å². The molecule has 1 heterocycles. The summed E-state index contributed by atoms with van der Waals surface area (Å²) in [5, 5.41) is 18.4. The van der Waals surface area contributed by atoms with Crippen molar-refractivity contribution in [2.75, 3.05) is 26.3 Å². The monoisotopic (exact) mass is 203 g/mol. The van der Waals surface area contributed by atoms with Gasteiger partial charge in [0, 0.05) is 19.7 Å². The summed E-state index contributed by atoms with van der Waals surface area (Å²) in [5.41, 5.74) is 0. The van der Waals surface area contributed by atoms with Crippen LogP contribution >= 0.6 is 0 Å². The zero-order valence-corrected chi connectivity index (χ0v) is 8.35. The average Bonchev–Trinajstić information content (AvgIpc) is 2.47. The first-order valence-electron chi connectivity index (χ1n) is 4.86. The van der Waals surface area contributed by atoms with Gasteiger partial charge in [-0.3, -0.25) is 4.79 Å². The molecular weight excluding hydrogens is 186 g/mol. The second kappa shape index (κ2) is 5.29. The van der Waals surface area contributed by atoms with Gasteiger partial charge in [0.1, 0.15) is 6.61 Å². The molecule has 2 N–H and O–H groups in total. The van der Waals surface area contributed by atoms with Crippen LogP contribution in [0.3, 0.4) is 0 Å². The quantitative estimate of drug-likeness (QED) is 0.574. The lowest BCUT2D eigenvalue weighted by Gasteiger charge is -2.14. The minimum atomic E-state index is -0.815. The zero-order valence-electron chi connectivity index (χ0n) is 8.35. The van der Waals surface area contributed by atoms with Crippen molar-refractivity contribution in [1.29, 1.82) is 0 Å². The highest BCUT2D eigenvalue weighted by Gasteiger charge is 2.32. The van der Waals surface area contributed by atoms with Crippen molar-refractivity contribution < 1.29 is 19.7 Å². The third-order valence-corrected chi connectivity index (χ3v) is 2.19. The van der Waals surface area contributed by atoms with Crippen LogP contribution in [0.1, 0.15) is 13.3 Å². The number of likely N-dealkylation sites (tertiary alicyclic amines) is 1. The van der Waals surface area contributed by atoms with Gasteiger partial charge < -0.3 is 19.8 Å². The van der Waals surface area contributed by atoms with Crippen LogP contribution < -0.4 is 0 Å². The standard InChI is InChI=1S/C9H17NO4/c1-2-3-14-6-9(13)10-4-7(11)8(12)5-10/h7-8,11-12H,2-6H2,1H3. The highest BCUT2D eigenvalue weighted by Crippen LogP contribution is 2.09. The zero-order chi connectivity index (χ0) is 10.6. The second-order valence-electron chi connectivity index (χ2n) is 3.49. The van der Waals surface area contributed by atoms with E-state index in [4.69, 9.17) is 4.74 Å². The van der Waals surface area contributed by atoms with Gasteiger partial charge in [0.25, 0.3) is 0 Å². The minimum Gasteiger partial charge on any atom is -0.388 e. The van der Waals surface area contributed by atoms with Crippen LogP contribution in [-0.2, 0) is 9.53 Å². The van der Waals surface area contributed by atoms with E-state index in [0.717, 1.165) is 6.42 Å². The second-order valence-corrected chi connectivity index (χ2v) is 3.49. The van der Waals surface area contributed by atoms with Crippen molar-refractivity contribution in [3.63, 3.8) is 0 Å². The van der Waals surface area contributed by atoms with E-state index in [1.54, 1.807) is 0 Å². The van der Waals surface area contributed by atoms with Crippen molar-refractivity contribution in [3.05, 3.63) is 0 Å². The van der Waals surface area contributed by atoms with E-state index in [2.05, 4.69) is 0 Å². The summed E-state index contributed by atoms with van der Waals surface area (Å²) in [6, 6.07) is 0. The fraction of sp³-hybridized carbons (Fsp3) is 0.889. The van der Waals surface area contributed by atoms with Gasteiger partial charge in [-0.2, -0.15) is 0 Å². The maximum Gasteiger partial charge on any atom is 0.248 e. The molecule has 2 unspecified atom stereocenters. The summed E-state index contributed by atoms with van der Waals surface area (Å²) in [6.45, 7) is 2.97. The number of amides is 1. The van der Waals surface area contributed by atoms with Gasteiger partial charge in [-0.25, -0.2) is 0 Å². The lowest BCUT2D eigenvalue weighted by atomic mass is 10.3. The summed E-state index contributed by atoms with van der Waals surface area (Å²) in [5.74, 6) is -0.172. The van der Waals surface area contributed by atoms with Crippen LogP contribution in [0.15, 0.2) is 0 Å². The highest BCUT2D eigenvalue weighted by molar-refractivity contribution is 5.77. The highest BCUT2D eigenvalue weighted by atomic mass is 16.5. The van der Waals surface area contributed by atoms with E-state index in [1.807, 2.05) is 6.92 Å². The van der Waals surface area contributed by atoms with E-state index in [9.17, 15) is 15.0 Å². The number of β-amino-alcohol motifs (C(OH)–C–C–N with tert-alkyl or cyclic N) is 2. The summed E-state index contributed by atoms with van der Waals surface area (Å²) in [4.78, 5) is 12.8. The number of ether oxygens (including phenoxy) is 1. The molecule has 14 heavy (non-hydrogen) atoms. The molecule has 0 aliphatic carbocycles. The molecule has 0 bridgehead atoms. The normalized spacial score (nSPS) is 26.9. The predicted octanol–water partition coefficient (Wildman–Crippen LogP) is -1.02. The Morgan fingerprint density at radius 1 is 1.43 bits per heavy atom. The van der Waals surface area contributed by atoms with Crippen molar-refractivity contribution in [2.45, 2.75) is 25.6 Å². The molecule has 0 aromatic rings. The third-order valence-electron chi connectivity index (χ3n) is 2.19. The summed E-state index contributed by atoms with van der Waals surface area (Å²) in [6.07, 6.45) is -0.756. The molecule has 1 saturated heterocycles. The van der Waals surface area contributed by atoms with Gasteiger partial charge in [0.2, 0.25) is 5.91 Å². The first-order valence-corrected chi connectivity index (χ1v) is 4.86. The van der Waals surface area contributed by atoms with Crippen LogP contribution in [0.2, 0.25) is 0 Å². The Kier molecular flexibility index (Phi) is 4.31. The fourth-order valence-corrected chi connectivity index (χ4v) is 1.37.